The molecule has 0 aliphatic heterocycles. The number of nitrogens with two attached hydrogens (primary N) is 1. The van der Waals surface area contributed by atoms with Crippen LogP contribution in [-0.2, 0) is 0 Å². The molecule has 1 atom stereocenters. The summed E-state index contributed by atoms with van der Waals surface area (Å²) in [4.78, 5) is 12.2. The summed E-state index contributed by atoms with van der Waals surface area (Å²) in [6.07, 6.45) is 0. The molecule has 0 aliphatic carbocycles. The van der Waals surface area contributed by atoms with Crippen LogP contribution in [-0.4, -0.2) is 5.91 Å². The Balaban J connectivity index is 2.17. The zero-order valence-corrected chi connectivity index (χ0v) is 12.4. The maximum Gasteiger partial charge on any atom is 0.253 e. The average Bonchev–Trinajstić information content (AvgIpc) is 2.38. The van der Waals surface area contributed by atoms with Crippen molar-refractivity contribution < 1.29 is 4.79 Å². The molecule has 0 heterocycles. The van der Waals surface area contributed by atoms with Crippen LogP contribution in [0.2, 0.25) is 10.0 Å². The van der Waals surface area contributed by atoms with Gasteiger partial charge >= 0.3 is 0 Å². The van der Waals surface area contributed by atoms with Crippen LogP contribution in [0, 0.1) is 0 Å². The van der Waals surface area contributed by atoms with Gasteiger partial charge < -0.3 is 11.1 Å². The van der Waals surface area contributed by atoms with E-state index in [1.54, 1.807) is 24.3 Å². The Morgan fingerprint density at radius 2 is 1.90 bits per heavy atom. The Morgan fingerprint density at radius 1 is 1.20 bits per heavy atom. The van der Waals surface area contributed by atoms with Crippen molar-refractivity contribution in [3.8, 4) is 0 Å². The van der Waals surface area contributed by atoms with Crippen LogP contribution in [0.3, 0.4) is 0 Å². The molecule has 2 aromatic rings. The van der Waals surface area contributed by atoms with E-state index in [1.165, 1.54) is 0 Å². The number of halogens is 2. The Morgan fingerprint density at radius 3 is 2.55 bits per heavy atom. The van der Waals surface area contributed by atoms with E-state index in [9.17, 15) is 4.79 Å². The van der Waals surface area contributed by atoms with Crippen LogP contribution < -0.4 is 11.1 Å². The Hall–Kier alpha value is -1.71. The van der Waals surface area contributed by atoms with E-state index in [2.05, 4.69) is 5.32 Å². The first-order chi connectivity index (χ1) is 9.49. The van der Waals surface area contributed by atoms with Gasteiger partial charge in [0, 0.05) is 15.7 Å². The van der Waals surface area contributed by atoms with Crippen molar-refractivity contribution in [1.29, 1.82) is 0 Å². The van der Waals surface area contributed by atoms with E-state index >= 15 is 0 Å². The molecule has 0 saturated heterocycles. The van der Waals surface area contributed by atoms with Crippen LogP contribution in [0.4, 0.5) is 5.69 Å². The third kappa shape index (κ3) is 3.24. The number of nitrogens with one attached hydrogen (secondary N) is 1. The topological polar surface area (TPSA) is 55.1 Å². The molecule has 0 fully saturated rings. The first kappa shape index (κ1) is 14.7. The SMILES string of the molecule is CC(NC(=O)c1ccc(Cl)cc1N)c1ccccc1Cl. The van der Waals surface area contributed by atoms with E-state index in [-0.39, 0.29) is 11.9 Å². The zero-order chi connectivity index (χ0) is 14.7. The van der Waals surface area contributed by atoms with Gasteiger partial charge in [0.2, 0.25) is 0 Å². The van der Waals surface area contributed by atoms with Gasteiger partial charge in [0.25, 0.3) is 5.91 Å². The smallest absolute Gasteiger partial charge is 0.253 e. The molecule has 20 heavy (non-hydrogen) atoms. The molecule has 3 nitrogen and oxygen atoms in total. The van der Waals surface area contributed by atoms with E-state index in [1.807, 2.05) is 25.1 Å². The lowest BCUT2D eigenvalue weighted by Crippen LogP contribution is -2.27. The Labute approximate surface area is 127 Å². The number of carbonyl (C=O) groups is 1. The molecule has 3 N–H and O–H groups in total. The second kappa shape index (κ2) is 6.16. The number of hydrogen-bond acceptors (Lipinski definition) is 2. The second-order valence-electron chi connectivity index (χ2n) is 4.45. The fourth-order valence-electron chi connectivity index (χ4n) is 1.92. The third-order valence-electron chi connectivity index (χ3n) is 2.98. The number of rotatable bonds is 3. The second-order valence-corrected chi connectivity index (χ2v) is 5.29. The molecule has 1 unspecified atom stereocenters. The van der Waals surface area contributed by atoms with Gasteiger partial charge in [-0.1, -0.05) is 41.4 Å². The minimum Gasteiger partial charge on any atom is -0.398 e. The molecule has 104 valence electrons. The van der Waals surface area contributed by atoms with Gasteiger partial charge in [-0.15, -0.1) is 0 Å². The highest BCUT2D eigenvalue weighted by molar-refractivity contribution is 6.31. The Kier molecular flexibility index (Phi) is 4.53. The van der Waals surface area contributed by atoms with Crippen molar-refractivity contribution in [3.63, 3.8) is 0 Å². The van der Waals surface area contributed by atoms with Crippen LogP contribution in [0.1, 0.15) is 28.9 Å². The molecule has 5 heteroatoms. The van der Waals surface area contributed by atoms with Gasteiger partial charge in [0.05, 0.1) is 11.6 Å². The van der Waals surface area contributed by atoms with E-state index in [0.29, 0.717) is 21.3 Å². The predicted octanol–water partition coefficient (Wildman–Crippen LogP) is 4.07. The number of nitrogen functional groups attached to an aromatic ring is 1. The molecule has 2 rings (SSSR count). The minimum absolute atomic E-state index is 0.216. The van der Waals surface area contributed by atoms with Gasteiger partial charge in [0.1, 0.15) is 0 Å². The number of hydrogen-bond donors (Lipinski definition) is 2. The van der Waals surface area contributed by atoms with Crippen molar-refractivity contribution in [2.75, 3.05) is 5.73 Å². The molecule has 0 spiro atoms. The lowest BCUT2D eigenvalue weighted by atomic mass is 10.1. The highest BCUT2D eigenvalue weighted by Crippen LogP contribution is 2.23. The van der Waals surface area contributed by atoms with Crippen molar-refractivity contribution in [2.45, 2.75) is 13.0 Å². The maximum atomic E-state index is 12.2. The highest BCUT2D eigenvalue weighted by Gasteiger charge is 2.15. The highest BCUT2D eigenvalue weighted by atomic mass is 35.5. The molecule has 0 bridgehead atoms. The lowest BCUT2D eigenvalue weighted by Gasteiger charge is -2.16. The fraction of sp³-hybridized carbons (Fsp3) is 0.133. The summed E-state index contributed by atoms with van der Waals surface area (Å²) in [6.45, 7) is 1.87. The van der Waals surface area contributed by atoms with Gasteiger partial charge in [-0.05, 0) is 36.8 Å². The molecule has 0 aliphatic rings. The summed E-state index contributed by atoms with van der Waals surface area (Å²) in [5.41, 5.74) is 7.40. The minimum atomic E-state index is -0.258. The van der Waals surface area contributed by atoms with Crippen LogP contribution in [0.15, 0.2) is 42.5 Å². The maximum absolute atomic E-state index is 12.2. The Bertz CT molecular complexity index is 644. The molecule has 1 amide bonds. The summed E-state index contributed by atoms with van der Waals surface area (Å²) in [5, 5.41) is 3.98. The van der Waals surface area contributed by atoms with E-state index < -0.39 is 0 Å². The zero-order valence-electron chi connectivity index (χ0n) is 10.9. The van der Waals surface area contributed by atoms with Crippen LogP contribution in [0.5, 0.6) is 0 Å². The third-order valence-corrected chi connectivity index (χ3v) is 3.56. The average molecular weight is 309 g/mol. The molecule has 0 radical (unpaired) electrons. The molecule has 0 saturated carbocycles. The van der Waals surface area contributed by atoms with Gasteiger partial charge in [-0.25, -0.2) is 0 Å². The number of carbonyl (C=O) groups excluding carboxylic acids is 1. The molecular weight excluding hydrogens is 295 g/mol. The van der Waals surface area contributed by atoms with Crippen molar-refractivity contribution >= 4 is 34.8 Å². The normalized spacial score (nSPS) is 11.9. The standard InChI is InChI=1S/C15H14Cl2N2O/c1-9(11-4-2-3-5-13(11)17)19-15(20)12-7-6-10(16)8-14(12)18/h2-9H,18H2,1H3,(H,19,20). The lowest BCUT2D eigenvalue weighted by molar-refractivity contribution is 0.0941. The van der Waals surface area contributed by atoms with Crippen LogP contribution >= 0.6 is 23.2 Å². The summed E-state index contributed by atoms with van der Waals surface area (Å²) in [6, 6.07) is 12.0. The molecule has 2 aromatic carbocycles. The summed E-state index contributed by atoms with van der Waals surface area (Å²) in [7, 11) is 0. The molecular formula is C15H14Cl2N2O. The van der Waals surface area contributed by atoms with E-state index in [0.717, 1.165) is 5.56 Å². The van der Waals surface area contributed by atoms with Gasteiger partial charge in [-0.2, -0.15) is 0 Å². The van der Waals surface area contributed by atoms with Crippen molar-refractivity contribution in [1.82, 2.24) is 5.32 Å². The molecule has 0 aromatic heterocycles. The summed E-state index contributed by atoms with van der Waals surface area (Å²) in [5.74, 6) is -0.258. The van der Waals surface area contributed by atoms with Crippen molar-refractivity contribution in [3.05, 3.63) is 63.6 Å². The summed E-state index contributed by atoms with van der Waals surface area (Å²) >= 11 is 11.9. The predicted molar refractivity (Wildman–Crippen MR) is 83.2 cm³/mol. The van der Waals surface area contributed by atoms with Crippen molar-refractivity contribution in [2.24, 2.45) is 0 Å². The number of anilines is 1. The van der Waals surface area contributed by atoms with Crippen LogP contribution in [0.25, 0.3) is 0 Å². The van der Waals surface area contributed by atoms with Gasteiger partial charge in [-0.3, -0.25) is 4.79 Å². The first-order valence-electron chi connectivity index (χ1n) is 6.09. The number of amides is 1. The first-order valence-corrected chi connectivity index (χ1v) is 6.85. The number of benzene rings is 2. The quantitative estimate of drug-likeness (QED) is 0.840. The van der Waals surface area contributed by atoms with Gasteiger partial charge in [0.15, 0.2) is 0 Å². The largest absolute Gasteiger partial charge is 0.398 e. The van der Waals surface area contributed by atoms with E-state index in [4.69, 9.17) is 28.9 Å². The monoisotopic (exact) mass is 308 g/mol. The summed E-state index contributed by atoms with van der Waals surface area (Å²) < 4.78 is 0. The fourth-order valence-corrected chi connectivity index (χ4v) is 2.40.